The molecule has 0 saturated carbocycles. The van der Waals surface area contributed by atoms with Crippen LogP contribution >= 0.6 is 0 Å². The van der Waals surface area contributed by atoms with Gasteiger partial charge in [0, 0.05) is 61.1 Å². The van der Waals surface area contributed by atoms with Crippen LogP contribution in [0.25, 0.3) is 21.7 Å². The molecule has 2 atom stereocenters. The third kappa shape index (κ3) is 7.17. The Morgan fingerprint density at radius 1 is 1.00 bits per heavy atom. The molecule has 5 N–H and O–H groups in total. The fourth-order valence-electron chi connectivity index (χ4n) is 4.96. The van der Waals surface area contributed by atoms with Crippen LogP contribution in [0.2, 0.25) is 0 Å². The molecule has 3 aromatic carbocycles. The molecule has 2 aliphatic heterocycles. The number of phenols is 1. The van der Waals surface area contributed by atoms with E-state index in [2.05, 4.69) is 45.6 Å². The standard InChI is InChI=1S/C16H17N3O4.C13H9N.C5H5N.Ru/c1-8-2-4-10-13(14(8)21)18-15(22)11-6-9(3-5-12(17)20)7-19(11)16(10)23;1-2-6-11-10(5-1)9-14-13-8-4-3-7-12(11)13;1-2-4-6-5-3-1;/h2-5,7,11,15,18,21-22H,6H2,1H3,(H2,17,20);1-9H;1-5H;/b5-3+;;;/t11-,15-;;;/m0.../s1. The fraction of sp³-hybridized carbons (Fsp3) is 0.118. The number of benzene rings is 3. The Kier molecular flexibility index (Phi) is 10.6. The number of phenolic OH excluding ortho intramolecular Hbond substituents is 1. The molecule has 44 heavy (non-hydrogen) atoms. The molecule has 2 aliphatic rings. The van der Waals surface area contributed by atoms with Gasteiger partial charge in [0.1, 0.15) is 12.0 Å². The molecule has 2 amide bonds. The molecule has 224 valence electrons. The quantitative estimate of drug-likeness (QED) is 0.0889. The number of rotatable bonds is 2. The predicted octanol–water partition coefficient (Wildman–Crippen LogP) is 5.05. The van der Waals surface area contributed by atoms with Crippen molar-refractivity contribution in [2.24, 2.45) is 5.73 Å². The molecule has 5 aromatic rings. The second-order valence-corrected chi connectivity index (χ2v) is 10.1. The van der Waals surface area contributed by atoms with Crippen LogP contribution in [-0.4, -0.2) is 49.2 Å². The van der Waals surface area contributed by atoms with Gasteiger partial charge in [-0.2, -0.15) is 0 Å². The van der Waals surface area contributed by atoms with E-state index in [1.807, 2.05) is 42.6 Å². The Bertz CT molecular complexity index is 1760. The zero-order chi connectivity index (χ0) is 30.3. The number of hydrogen-bond acceptors (Lipinski definition) is 7. The summed E-state index contributed by atoms with van der Waals surface area (Å²) in [6, 6.07) is 25.0. The predicted molar refractivity (Wildman–Crippen MR) is 167 cm³/mol. The van der Waals surface area contributed by atoms with Crippen molar-refractivity contribution in [3.63, 3.8) is 0 Å². The monoisotopic (exact) mass is 675 g/mol. The van der Waals surface area contributed by atoms with Crippen LogP contribution in [0, 0.1) is 6.92 Å². The van der Waals surface area contributed by atoms with Crippen LogP contribution in [0.5, 0.6) is 5.75 Å². The van der Waals surface area contributed by atoms with Crippen LogP contribution in [0.3, 0.4) is 0 Å². The van der Waals surface area contributed by atoms with Crippen LogP contribution in [0.4, 0.5) is 5.69 Å². The van der Waals surface area contributed by atoms with Crippen molar-refractivity contribution in [2.45, 2.75) is 25.6 Å². The van der Waals surface area contributed by atoms with E-state index in [0.717, 1.165) is 5.52 Å². The summed E-state index contributed by atoms with van der Waals surface area (Å²) in [6.07, 6.45) is 9.08. The van der Waals surface area contributed by atoms with Gasteiger partial charge in [-0.25, -0.2) is 0 Å². The summed E-state index contributed by atoms with van der Waals surface area (Å²) in [5.74, 6) is -0.954. The van der Waals surface area contributed by atoms with Crippen molar-refractivity contribution in [3.05, 3.63) is 133 Å². The van der Waals surface area contributed by atoms with Gasteiger partial charge < -0.3 is 26.2 Å². The molecule has 10 heteroatoms. The minimum absolute atomic E-state index is 0. The van der Waals surface area contributed by atoms with E-state index in [0.29, 0.717) is 17.6 Å². The van der Waals surface area contributed by atoms with E-state index in [9.17, 15) is 19.8 Å². The molecule has 0 spiro atoms. The van der Waals surface area contributed by atoms with E-state index in [-0.39, 0.29) is 42.4 Å². The summed E-state index contributed by atoms with van der Waals surface area (Å²) < 4.78 is 0. The molecule has 0 radical (unpaired) electrons. The summed E-state index contributed by atoms with van der Waals surface area (Å²) in [5, 5.41) is 27.0. The number of pyridine rings is 2. The third-order valence-electron chi connectivity index (χ3n) is 7.13. The zero-order valence-corrected chi connectivity index (χ0v) is 25.6. The number of anilines is 1. The van der Waals surface area contributed by atoms with Crippen LogP contribution in [0.1, 0.15) is 22.3 Å². The van der Waals surface area contributed by atoms with Gasteiger partial charge in [0.05, 0.1) is 22.8 Å². The number of nitrogens with one attached hydrogen (secondary N) is 1. The van der Waals surface area contributed by atoms with Crippen LogP contribution in [-0.2, 0) is 24.3 Å². The summed E-state index contributed by atoms with van der Waals surface area (Å²) in [5.41, 5.74) is 7.97. The molecular formula is C34H31N5O4Ru. The number of para-hydroxylation sites is 1. The number of carbonyl (C=O) groups excluding carboxylic acids is 2. The van der Waals surface area contributed by atoms with Gasteiger partial charge in [0.25, 0.3) is 5.91 Å². The molecule has 0 fully saturated rings. The first-order valence-corrected chi connectivity index (χ1v) is 13.7. The number of aliphatic hydroxyl groups is 1. The van der Waals surface area contributed by atoms with E-state index in [1.165, 1.54) is 33.2 Å². The maximum Gasteiger partial charge on any atom is 0.260 e. The van der Waals surface area contributed by atoms with Gasteiger partial charge in [-0.3, -0.25) is 19.6 Å². The van der Waals surface area contributed by atoms with Crippen molar-refractivity contribution < 1.29 is 39.3 Å². The van der Waals surface area contributed by atoms with Gasteiger partial charge in [-0.1, -0.05) is 60.7 Å². The average molecular weight is 675 g/mol. The minimum atomic E-state index is -1.05. The molecule has 0 saturated heterocycles. The summed E-state index contributed by atoms with van der Waals surface area (Å²) >= 11 is 0. The van der Waals surface area contributed by atoms with Crippen molar-refractivity contribution in [2.75, 3.05) is 5.32 Å². The largest absolute Gasteiger partial charge is 0.505 e. The van der Waals surface area contributed by atoms with Crippen molar-refractivity contribution in [3.8, 4) is 5.75 Å². The Morgan fingerprint density at radius 3 is 2.39 bits per heavy atom. The first kappa shape index (κ1) is 32.0. The molecule has 9 nitrogen and oxygen atoms in total. The zero-order valence-electron chi connectivity index (χ0n) is 23.8. The van der Waals surface area contributed by atoms with Gasteiger partial charge in [-0.05, 0) is 54.1 Å². The number of aromatic hydroxyl groups is 1. The number of aryl methyl sites for hydroxylation is 1. The second-order valence-electron chi connectivity index (χ2n) is 10.1. The molecule has 0 unspecified atom stereocenters. The van der Waals surface area contributed by atoms with Gasteiger partial charge in [-0.15, -0.1) is 0 Å². The van der Waals surface area contributed by atoms with Crippen LogP contribution in [0.15, 0.2) is 121 Å². The number of hydrogen-bond donors (Lipinski definition) is 4. The Morgan fingerprint density at radius 2 is 1.70 bits per heavy atom. The molecular weight excluding hydrogens is 643 g/mol. The molecule has 4 heterocycles. The number of aromatic nitrogens is 2. The summed E-state index contributed by atoms with van der Waals surface area (Å²) in [7, 11) is 0. The maximum atomic E-state index is 12.7. The Hall–Kier alpha value is -4.92. The van der Waals surface area contributed by atoms with Gasteiger partial charge >= 0.3 is 0 Å². The second kappa shape index (κ2) is 14.5. The number of amides is 2. The van der Waals surface area contributed by atoms with Gasteiger partial charge in [0.15, 0.2) is 0 Å². The maximum absolute atomic E-state index is 12.7. The normalized spacial score (nSPS) is 16.6. The topological polar surface area (TPSA) is 142 Å². The van der Waals surface area contributed by atoms with Crippen molar-refractivity contribution >= 4 is 39.2 Å². The molecule has 0 bridgehead atoms. The van der Waals surface area contributed by atoms with E-state index >= 15 is 0 Å². The van der Waals surface area contributed by atoms with E-state index in [4.69, 9.17) is 5.73 Å². The molecule has 7 rings (SSSR count). The van der Waals surface area contributed by atoms with E-state index in [1.54, 1.807) is 37.7 Å². The fourth-order valence-corrected chi connectivity index (χ4v) is 4.96. The molecule has 2 aromatic heterocycles. The van der Waals surface area contributed by atoms with Crippen LogP contribution < -0.4 is 11.1 Å². The first-order chi connectivity index (χ1) is 20.8. The SMILES string of the molecule is Cc1ccc2c(c1O)N[C@@H](O)[C@@H]1CC(/C=C/C(N)=O)=CN1C2=O.[Ru].c1ccc2c(c1)cnc1ccccc12.c1ccncc1. The number of primary amides is 1. The number of fused-ring (bicyclic) bond motifs is 5. The summed E-state index contributed by atoms with van der Waals surface area (Å²) in [6.45, 7) is 1.72. The van der Waals surface area contributed by atoms with Crippen molar-refractivity contribution in [1.82, 2.24) is 14.9 Å². The van der Waals surface area contributed by atoms with E-state index < -0.39 is 18.2 Å². The number of carbonyl (C=O) groups is 2. The molecule has 0 aliphatic carbocycles. The first-order valence-electron chi connectivity index (χ1n) is 13.7. The number of allylic oxidation sites excluding steroid dienone is 1. The van der Waals surface area contributed by atoms with Crippen molar-refractivity contribution in [1.29, 1.82) is 0 Å². The Balaban J connectivity index is 0.000000177. The average Bonchev–Trinajstić information content (AvgIpc) is 3.44. The Labute approximate surface area is 267 Å². The third-order valence-corrected chi connectivity index (χ3v) is 7.13. The van der Waals surface area contributed by atoms with Gasteiger partial charge in [0.2, 0.25) is 5.91 Å². The summed E-state index contributed by atoms with van der Waals surface area (Å²) in [4.78, 5) is 33.1. The number of nitrogens with two attached hydrogens (primary N) is 1. The smallest absolute Gasteiger partial charge is 0.260 e. The number of nitrogens with zero attached hydrogens (tertiary/aromatic N) is 3. The number of aliphatic hydroxyl groups excluding tert-OH is 1. The minimum Gasteiger partial charge on any atom is -0.505 e.